The number of hydrogen-bond acceptors (Lipinski definition) is 3. The summed E-state index contributed by atoms with van der Waals surface area (Å²) in [6.07, 6.45) is 0. The van der Waals surface area contributed by atoms with E-state index < -0.39 is 0 Å². The minimum atomic E-state index is -0.255. The summed E-state index contributed by atoms with van der Waals surface area (Å²) in [5.74, 6) is -0.510. The molecule has 0 aromatic heterocycles. The van der Waals surface area contributed by atoms with E-state index in [1.54, 1.807) is 12.1 Å². The third kappa shape index (κ3) is 1.93. The molecular formula is C15H10N2O2Se. The standard InChI is InChI=1S/C15H10N2O2Se/c18-14-11-5-1-3-10-4-2-6-12(13(10)11)15(19)17(14)8-7-16-9-20/h1-6H,7-8H2. The molecule has 2 amide bonds. The van der Waals surface area contributed by atoms with Crippen molar-refractivity contribution in [2.75, 3.05) is 13.1 Å². The van der Waals surface area contributed by atoms with Crippen LogP contribution in [0.1, 0.15) is 20.7 Å². The maximum absolute atomic E-state index is 12.4. The molecule has 2 aromatic carbocycles. The third-order valence-electron chi connectivity index (χ3n) is 3.36. The van der Waals surface area contributed by atoms with E-state index in [-0.39, 0.29) is 18.4 Å². The molecule has 1 heterocycles. The summed E-state index contributed by atoms with van der Waals surface area (Å²) in [5.41, 5.74) is 1.16. The first-order chi connectivity index (χ1) is 9.74. The van der Waals surface area contributed by atoms with Crippen molar-refractivity contribution < 1.29 is 9.59 Å². The third-order valence-corrected chi connectivity index (χ3v) is 3.63. The van der Waals surface area contributed by atoms with Crippen molar-refractivity contribution in [1.29, 1.82) is 0 Å². The summed E-state index contributed by atoms with van der Waals surface area (Å²) in [6.45, 7) is 0.611. The molecule has 0 fully saturated rings. The molecule has 0 saturated carbocycles. The number of amides is 2. The molecule has 0 bridgehead atoms. The summed E-state index contributed by atoms with van der Waals surface area (Å²) in [7, 11) is 0. The van der Waals surface area contributed by atoms with Crippen molar-refractivity contribution in [3.63, 3.8) is 0 Å². The molecule has 0 N–H and O–H groups in total. The van der Waals surface area contributed by atoms with Crippen molar-refractivity contribution in [2.45, 2.75) is 0 Å². The summed E-state index contributed by atoms with van der Waals surface area (Å²) in [5, 5.41) is 1.66. The van der Waals surface area contributed by atoms with Crippen LogP contribution < -0.4 is 0 Å². The normalized spacial score (nSPS) is 13.5. The summed E-state index contributed by atoms with van der Waals surface area (Å²) in [6, 6.07) is 11.0. The van der Waals surface area contributed by atoms with Gasteiger partial charge in [-0.1, -0.05) is 0 Å². The van der Waals surface area contributed by atoms with Gasteiger partial charge in [0.05, 0.1) is 0 Å². The van der Waals surface area contributed by atoms with Crippen LogP contribution in [0.25, 0.3) is 10.8 Å². The van der Waals surface area contributed by atoms with Crippen molar-refractivity contribution >= 4 is 42.9 Å². The number of carbonyl (C=O) groups is 2. The number of rotatable bonds is 3. The molecule has 1 aliphatic heterocycles. The average molecular weight is 329 g/mol. The first kappa shape index (κ1) is 12.9. The van der Waals surface area contributed by atoms with Gasteiger partial charge in [-0.2, -0.15) is 0 Å². The Balaban J connectivity index is 2.13. The van der Waals surface area contributed by atoms with Crippen molar-refractivity contribution in [3.05, 3.63) is 47.5 Å². The number of benzene rings is 2. The molecule has 0 unspecified atom stereocenters. The van der Waals surface area contributed by atoms with E-state index in [9.17, 15) is 9.59 Å². The Morgan fingerprint density at radius 3 is 2.20 bits per heavy atom. The fraction of sp³-hybridized carbons (Fsp3) is 0.133. The van der Waals surface area contributed by atoms with Crippen LogP contribution in [0.2, 0.25) is 0 Å². The van der Waals surface area contributed by atoms with Crippen molar-refractivity contribution in [3.8, 4) is 0 Å². The van der Waals surface area contributed by atoms with Gasteiger partial charge in [0.2, 0.25) is 0 Å². The van der Waals surface area contributed by atoms with Gasteiger partial charge in [0.1, 0.15) is 0 Å². The predicted octanol–water partition coefficient (Wildman–Crippen LogP) is 1.51. The van der Waals surface area contributed by atoms with Gasteiger partial charge in [0, 0.05) is 0 Å². The van der Waals surface area contributed by atoms with E-state index in [1.165, 1.54) is 4.90 Å². The van der Waals surface area contributed by atoms with Gasteiger partial charge in [-0.25, -0.2) is 0 Å². The minimum absolute atomic E-state index is 0.255. The average Bonchev–Trinajstić information content (AvgIpc) is 2.48. The predicted molar refractivity (Wildman–Crippen MR) is 77.4 cm³/mol. The summed E-state index contributed by atoms with van der Waals surface area (Å²) in [4.78, 5) is 30.0. The Labute approximate surface area is 123 Å². The number of imide groups is 1. The van der Waals surface area contributed by atoms with Gasteiger partial charge >= 0.3 is 123 Å². The second-order valence-corrected chi connectivity index (χ2v) is 4.83. The van der Waals surface area contributed by atoms with Gasteiger partial charge in [0.15, 0.2) is 0 Å². The molecule has 20 heavy (non-hydrogen) atoms. The quantitative estimate of drug-likeness (QED) is 0.487. The zero-order chi connectivity index (χ0) is 14.1. The molecule has 2 aromatic rings. The van der Waals surface area contributed by atoms with Gasteiger partial charge in [-0.15, -0.1) is 0 Å². The molecule has 98 valence electrons. The molecule has 0 atom stereocenters. The zero-order valence-corrected chi connectivity index (χ0v) is 12.2. The van der Waals surface area contributed by atoms with E-state index >= 15 is 0 Å². The topological polar surface area (TPSA) is 49.7 Å². The van der Waals surface area contributed by atoms with Crippen LogP contribution in [0.15, 0.2) is 41.4 Å². The fourth-order valence-electron chi connectivity index (χ4n) is 2.48. The molecular weight excluding hydrogens is 319 g/mol. The summed E-state index contributed by atoms with van der Waals surface area (Å²) >= 11 is 2.53. The van der Waals surface area contributed by atoms with E-state index in [0.29, 0.717) is 17.7 Å². The molecule has 1 aliphatic rings. The second kappa shape index (κ2) is 5.14. The maximum atomic E-state index is 12.4. The van der Waals surface area contributed by atoms with Gasteiger partial charge in [-0.3, -0.25) is 0 Å². The Hall–Kier alpha value is -2.06. The Bertz CT molecular complexity index is 728. The van der Waals surface area contributed by atoms with Crippen LogP contribution in [0.5, 0.6) is 0 Å². The molecule has 0 saturated heterocycles. The number of nitrogens with zero attached hydrogens (tertiary/aromatic N) is 2. The first-order valence-electron chi connectivity index (χ1n) is 6.15. The van der Waals surface area contributed by atoms with Crippen LogP contribution in [0, 0.1) is 0 Å². The van der Waals surface area contributed by atoms with E-state index in [0.717, 1.165) is 10.8 Å². The van der Waals surface area contributed by atoms with Gasteiger partial charge in [0.25, 0.3) is 0 Å². The SMILES string of the molecule is O=C1c2cccc3cccc(c23)C(=O)N1CCN=C=[Se]. The Morgan fingerprint density at radius 2 is 1.65 bits per heavy atom. The number of carbonyl (C=O) groups excluding carboxylic acids is 2. The molecule has 5 heteroatoms. The van der Waals surface area contributed by atoms with Crippen LogP contribution in [-0.2, 0) is 0 Å². The van der Waals surface area contributed by atoms with Crippen molar-refractivity contribution in [1.82, 2.24) is 4.90 Å². The second-order valence-electron chi connectivity index (χ2n) is 4.44. The number of hydrogen-bond donors (Lipinski definition) is 0. The van der Waals surface area contributed by atoms with Crippen molar-refractivity contribution in [2.24, 2.45) is 4.99 Å². The van der Waals surface area contributed by atoms with Crippen LogP contribution >= 0.6 is 0 Å². The van der Waals surface area contributed by atoms with E-state index in [1.807, 2.05) is 24.3 Å². The van der Waals surface area contributed by atoms with E-state index in [4.69, 9.17) is 0 Å². The molecule has 4 nitrogen and oxygen atoms in total. The summed E-state index contributed by atoms with van der Waals surface area (Å²) < 4.78 is 2.53. The fourth-order valence-corrected chi connectivity index (χ4v) is 2.67. The zero-order valence-electron chi connectivity index (χ0n) is 10.5. The first-order valence-corrected chi connectivity index (χ1v) is 7.01. The van der Waals surface area contributed by atoms with Gasteiger partial charge in [-0.05, 0) is 0 Å². The monoisotopic (exact) mass is 330 g/mol. The number of aliphatic imine (C=N–C) groups is 1. The molecule has 0 aliphatic carbocycles. The molecule has 0 radical (unpaired) electrons. The van der Waals surface area contributed by atoms with E-state index in [2.05, 4.69) is 25.3 Å². The molecule has 0 spiro atoms. The van der Waals surface area contributed by atoms with Gasteiger partial charge < -0.3 is 0 Å². The van der Waals surface area contributed by atoms with Crippen LogP contribution in [0.4, 0.5) is 0 Å². The Kier molecular flexibility index (Phi) is 3.33. The van der Waals surface area contributed by atoms with Crippen LogP contribution in [0.3, 0.4) is 0 Å². The van der Waals surface area contributed by atoms with Crippen LogP contribution in [-0.4, -0.2) is 50.1 Å². The molecule has 3 rings (SSSR count). The Morgan fingerprint density at radius 1 is 1.05 bits per heavy atom.